The first-order valence-electron chi connectivity index (χ1n) is 28.7. The molecule has 6 aromatic rings. The van der Waals surface area contributed by atoms with Crippen LogP contribution >= 0.6 is 0 Å². The van der Waals surface area contributed by atoms with Crippen LogP contribution in [0, 0.1) is 83.1 Å². The first-order valence-corrected chi connectivity index (χ1v) is 28.7. The van der Waals surface area contributed by atoms with Crippen LogP contribution in [0.3, 0.4) is 0 Å². The van der Waals surface area contributed by atoms with Crippen molar-refractivity contribution in [2.75, 3.05) is 0 Å². The number of hydrogen-bond donors (Lipinski definition) is 3. The van der Waals surface area contributed by atoms with E-state index in [1.807, 2.05) is 19.9 Å². The Kier molecular flexibility index (Phi) is 18.2. The van der Waals surface area contributed by atoms with Gasteiger partial charge in [0.15, 0.2) is 5.78 Å². The highest BCUT2D eigenvalue weighted by atomic mass is 16.5. The zero-order valence-electron chi connectivity index (χ0n) is 51.1. The second kappa shape index (κ2) is 23.9. The van der Waals surface area contributed by atoms with E-state index >= 15 is 0 Å². The molecule has 0 amide bonds. The highest BCUT2D eigenvalue weighted by molar-refractivity contribution is 6.09. The Labute approximate surface area is 473 Å². The molecule has 0 bridgehead atoms. The van der Waals surface area contributed by atoms with Crippen molar-refractivity contribution in [2.45, 2.75) is 206 Å². The highest BCUT2D eigenvalue weighted by Gasteiger charge is 2.34. The quantitative estimate of drug-likeness (QED) is 0.0927. The van der Waals surface area contributed by atoms with Crippen LogP contribution in [-0.2, 0) is 38.5 Å². The lowest BCUT2D eigenvalue weighted by Crippen LogP contribution is -2.34. The van der Waals surface area contributed by atoms with E-state index in [2.05, 4.69) is 159 Å². The molecule has 0 spiro atoms. The zero-order valence-corrected chi connectivity index (χ0v) is 51.1. The van der Waals surface area contributed by atoms with Gasteiger partial charge in [-0.05, 0) is 279 Å². The van der Waals surface area contributed by atoms with E-state index in [1.54, 1.807) is 18.2 Å². The largest absolute Gasteiger partial charge is 0.508 e. The number of phenolic OH excluding ortho intramolecular Hbond substituents is 3. The van der Waals surface area contributed by atoms with Crippen molar-refractivity contribution in [3.05, 3.63) is 184 Å². The van der Waals surface area contributed by atoms with Crippen molar-refractivity contribution in [3.63, 3.8) is 0 Å². The van der Waals surface area contributed by atoms with Crippen LogP contribution < -0.4 is 14.2 Å². The maximum atomic E-state index is 13.2. The van der Waals surface area contributed by atoms with E-state index in [0.717, 1.165) is 136 Å². The number of ether oxygens (including phenoxy) is 3. The first-order chi connectivity index (χ1) is 37.0. The highest BCUT2D eigenvalue weighted by Crippen LogP contribution is 2.46. The minimum absolute atomic E-state index is 0.0619. The van der Waals surface area contributed by atoms with Crippen LogP contribution in [0.1, 0.15) is 189 Å². The predicted octanol–water partition coefficient (Wildman–Crippen LogP) is 17.5. The Morgan fingerprint density at radius 1 is 0.519 bits per heavy atom. The van der Waals surface area contributed by atoms with E-state index in [4.69, 9.17) is 14.2 Å². The molecule has 7 nitrogen and oxygen atoms in total. The van der Waals surface area contributed by atoms with Gasteiger partial charge in [-0.2, -0.15) is 0 Å². The van der Waals surface area contributed by atoms with Gasteiger partial charge in [0.05, 0.1) is 0 Å². The van der Waals surface area contributed by atoms with Crippen LogP contribution in [-0.4, -0.2) is 37.9 Å². The Morgan fingerprint density at radius 3 is 1.61 bits per heavy atom. The van der Waals surface area contributed by atoms with Crippen LogP contribution in [0.2, 0.25) is 0 Å². The summed E-state index contributed by atoms with van der Waals surface area (Å²) < 4.78 is 18.9. The molecule has 0 atom stereocenters. The predicted molar refractivity (Wildman–Crippen MR) is 328 cm³/mol. The number of rotatable bonds is 10. The van der Waals surface area contributed by atoms with Crippen molar-refractivity contribution in [2.24, 2.45) is 0 Å². The SMILES string of the molecule is Cc1c(C)c2c(c(CCCc3ccc(O)cc3O)c1O)CCC(C)(C)O2.Cc1ccc(/C=C/C(=O)c2c(C)c(C)c(C)c3c2CCC(C)(C)O3)c(C)c1.Cc1ccc(CC=Cc2c(C)c(C)c(C)c3c2CCC(C)(C)O3)c(C)c1. The molecule has 0 aromatic heterocycles. The van der Waals surface area contributed by atoms with Crippen LogP contribution in [0.4, 0.5) is 0 Å². The smallest absolute Gasteiger partial charge is 0.186 e. The van der Waals surface area contributed by atoms with Gasteiger partial charge < -0.3 is 29.5 Å². The lowest BCUT2D eigenvalue weighted by Gasteiger charge is -2.35. The molecular formula is C72H90O7. The fourth-order valence-corrected chi connectivity index (χ4v) is 11.6. The van der Waals surface area contributed by atoms with Gasteiger partial charge in [0.2, 0.25) is 0 Å². The molecule has 3 aliphatic rings. The summed E-state index contributed by atoms with van der Waals surface area (Å²) in [6, 6.07) is 17.7. The molecule has 9 rings (SSSR count). The molecule has 0 saturated heterocycles. The van der Waals surface area contributed by atoms with E-state index in [9.17, 15) is 20.1 Å². The second-order valence-corrected chi connectivity index (χ2v) is 24.9. The number of ketones is 1. The average Bonchev–Trinajstić information content (AvgIpc) is 3.54. The molecule has 0 aliphatic carbocycles. The lowest BCUT2D eigenvalue weighted by atomic mass is 9.84. The lowest BCUT2D eigenvalue weighted by molar-refractivity contribution is 0.0822. The van der Waals surface area contributed by atoms with Gasteiger partial charge in [-0.25, -0.2) is 0 Å². The molecule has 0 saturated carbocycles. The molecule has 420 valence electrons. The molecular weight excluding hydrogens is 977 g/mol. The fourth-order valence-electron chi connectivity index (χ4n) is 11.6. The minimum Gasteiger partial charge on any atom is -0.508 e. The van der Waals surface area contributed by atoms with Crippen molar-refractivity contribution >= 4 is 17.9 Å². The number of aryl methyl sites for hydroxylation is 5. The molecule has 79 heavy (non-hydrogen) atoms. The fraction of sp³-hybridized carbons (Fsp3) is 0.431. The van der Waals surface area contributed by atoms with Crippen molar-refractivity contribution in [3.8, 4) is 34.5 Å². The standard InChI is InChI=1S/C25H30O2.C25H32O.C22H28O4/c1-15-8-9-20(16(2)14-15)10-11-22(26)23-18(4)17(3)19(5)24-21(23)12-13-25(6,7)27-24;1-16-11-12-21(17(2)15-16)9-8-10-22-19(4)18(3)20(5)24-23(22)13-14-25(6,7)26-24;1-13-14(2)21-18(10-11-22(3,4)26-21)17(20(13)25)7-5-6-15-8-9-16(23)12-19(15)24/h8-11,14H,12-13H2,1-7H3;8,10-12,15H,9,13-14H2,1-7H3;8-9,12,23-25H,5-7,10-11H2,1-4H3/b11-10+;;. The summed E-state index contributed by atoms with van der Waals surface area (Å²) in [7, 11) is 0. The minimum atomic E-state index is -0.186. The first kappa shape index (κ1) is 59.9. The Hall–Kier alpha value is -6.73. The molecule has 0 fully saturated rings. The topological polar surface area (TPSA) is 105 Å². The van der Waals surface area contributed by atoms with E-state index in [0.29, 0.717) is 12.2 Å². The molecule has 7 heteroatoms. The summed E-state index contributed by atoms with van der Waals surface area (Å²) in [4.78, 5) is 13.2. The average molecular weight is 1070 g/mol. The number of carbonyl (C=O) groups excluding carboxylic acids is 1. The summed E-state index contributed by atoms with van der Waals surface area (Å²) in [5.41, 5.74) is 24.0. The van der Waals surface area contributed by atoms with E-state index in [-0.39, 0.29) is 34.1 Å². The number of hydrogen-bond acceptors (Lipinski definition) is 7. The van der Waals surface area contributed by atoms with Gasteiger partial charge in [-0.1, -0.05) is 71.8 Å². The summed E-state index contributed by atoms with van der Waals surface area (Å²) in [5, 5.41) is 30.1. The van der Waals surface area contributed by atoms with Crippen molar-refractivity contribution < 1.29 is 34.3 Å². The summed E-state index contributed by atoms with van der Waals surface area (Å²) in [5.74, 6) is 3.58. The normalized spacial score (nSPS) is 15.6. The number of benzene rings is 6. The zero-order chi connectivity index (χ0) is 58.1. The molecule has 0 radical (unpaired) electrons. The summed E-state index contributed by atoms with van der Waals surface area (Å²) in [6.45, 7) is 38.2. The monoisotopic (exact) mass is 1070 g/mol. The summed E-state index contributed by atoms with van der Waals surface area (Å²) >= 11 is 0. The number of carbonyl (C=O) groups is 1. The number of allylic oxidation sites excluding steroid dienone is 2. The number of aromatic hydroxyl groups is 3. The van der Waals surface area contributed by atoms with Crippen LogP contribution in [0.5, 0.6) is 34.5 Å². The third-order valence-corrected chi connectivity index (χ3v) is 17.3. The maximum absolute atomic E-state index is 13.2. The van der Waals surface area contributed by atoms with E-state index < -0.39 is 0 Å². The van der Waals surface area contributed by atoms with Gasteiger partial charge in [0, 0.05) is 33.9 Å². The van der Waals surface area contributed by atoms with Gasteiger partial charge in [-0.15, -0.1) is 0 Å². The Bertz CT molecular complexity index is 3360. The van der Waals surface area contributed by atoms with Crippen LogP contribution in [0.15, 0.2) is 66.7 Å². The third kappa shape index (κ3) is 13.7. The van der Waals surface area contributed by atoms with Crippen molar-refractivity contribution in [1.29, 1.82) is 0 Å². The van der Waals surface area contributed by atoms with Crippen molar-refractivity contribution in [1.82, 2.24) is 0 Å². The van der Waals surface area contributed by atoms with Crippen LogP contribution in [0.25, 0.3) is 12.2 Å². The maximum Gasteiger partial charge on any atom is 0.186 e. The van der Waals surface area contributed by atoms with E-state index in [1.165, 1.54) is 61.7 Å². The van der Waals surface area contributed by atoms with Gasteiger partial charge in [-0.3, -0.25) is 4.79 Å². The molecule has 3 heterocycles. The number of phenols is 3. The number of fused-ring (bicyclic) bond motifs is 3. The molecule has 0 unspecified atom stereocenters. The molecule has 3 aliphatic heterocycles. The van der Waals surface area contributed by atoms with Gasteiger partial charge >= 0.3 is 0 Å². The Morgan fingerprint density at radius 2 is 1.03 bits per heavy atom. The third-order valence-electron chi connectivity index (χ3n) is 17.3. The summed E-state index contributed by atoms with van der Waals surface area (Å²) in [6.07, 6.45) is 17.2. The Balaban J connectivity index is 0.000000172. The van der Waals surface area contributed by atoms with Gasteiger partial charge in [0.1, 0.15) is 51.3 Å². The second-order valence-electron chi connectivity index (χ2n) is 24.9. The van der Waals surface area contributed by atoms with Gasteiger partial charge in [0.25, 0.3) is 0 Å². The molecule has 6 aromatic carbocycles. The molecule has 3 N–H and O–H groups in total.